The molecule has 0 bridgehead atoms. The molecule has 128 valence electrons. The van der Waals surface area contributed by atoms with Gasteiger partial charge >= 0.3 is 0 Å². The SMILES string of the molecule is CC1(N)CCCCC1C(=O)Nc1nnc(SCc2ccccc2)s1. The van der Waals surface area contributed by atoms with Gasteiger partial charge in [0, 0.05) is 11.3 Å². The van der Waals surface area contributed by atoms with Crippen molar-refractivity contribution in [2.24, 2.45) is 11.7 Å². The first kappa shape index (κ1) is 17.4. The van der Waals surface area contributed by atoms with Crippen LogP contribution < -0.4 is 11.1 Å². The predicted molar refractivity (Wildman–Crippen MR) is 99.1 cm³/mol. The zero-order valence-corrected chi connectivity index (χ0v) is 15.3. The molecule has 1 amide bonds. The number of benzene rings is 1. The maximum absolute atomic E-state index is 12.5. The van der Waals surface area contributed by atoms with Crippen molar-refractivity contribution < 1.29 is 4.79 Å². The lowest BCUT2D eigenvalue weighted by Crippen LogP contribution is -2.51. The minimum absolute atomic E-state index is 0.0320. The fourth-order valence-corrected chi connectivity index (χ4v) is 4.73. The fraction of sp³-hybridized carbons (Fsp3) is 0.471. The van der Waals surface area contributed by atoms with Crippen LogP contribution in [0.25, 0.3) is 0 Å². The zero-order chi connectivity index (χ0) is 17.0. The Kier molecular flexibility index (Phi) is 5.53. The average molecular weight is 363 g/mol. The molecule has 0 spiro atoms. The summed E-state index contributed by atoms with van der Waals surface area (Å²) in [4.78, 5) is 12.5. The van der Waals surface area contributed by atoms with Crippen molar-refractivity contribution in [1.82, 2.24) is 10.2 Å². The molecular formula is C17H22N4OS2. The summed E-state index contributed by atoms with van der Waals surface area (Å²) in [5.74, 6) is 0.651. The van der Waals surface area contributed by atoms with Gasteiger partial charge in [-0.2, -0.15) is 0 Å². The highest BCUT2D eigenvalue weighted by Gasteiger charge is 2.38. The Labute approximate surface area is 150 Å². The van der Waals surface area contributed by atoms with Crippen molar-refractivity contribution >= 4 is 34.1 Å². The molecule has 7 heteroatoms. The molecule has 0 aliphatic heterocycles. The lowest BCUT2D eigenvalue weighted by atomic mass is 9.74. The minimum atomic E-state index is -0.433. The Bertz CT molecular complexity index is 687. The van der Waals surface area contributed by atoms with Gasteiger partial charge in [0.1, 0.15) is 0 Å². The fourth-order valence-electron chi connectivity index (χ4n) is 3.02. The third-order valence-corrected chi connectivity index (χ3v) is 6.46. The monoisotopic (exact) mass is 362 g/mol. The summed E-state index contributed by atoms with van der Waals surface area (Å²) in [6.45, 7) is 1.97. The summed E-state index contributed by atoms with van der Waals surface area (Å²) in [5, 5.41) is 11.7. The highest BCUT2D eigenvalue weighted by atomic mass is 32.2. The van der Waals surface area contributed by atoms with Crippen molar-refractivity contribution in [2.45, 2.75) is 48.2 Å². The summed E-state index contributed by atoms with van der Waals surface area (Å²) in [7, 11) is 0. The lowest BCUT2D eigenvalue weighted by molar-refractivity contribution is -0.122. The first-order valence-corrected chi connectivity index (χ1v) is 9.95. The van der Waals surface area contributed by atoms with Crippen LogP contribution >= 0.6 is 23.1 Å². The number of rotatable bonds is 5. The lowest BCUT2D eigenvalue weighted by Gasteiger charge is -2.36. The van der Waals surface area contributed by atoms with Gasteiger partial charge in [0.05, 0.1) is 5.92 Å². The molecule has 1 aliphatic carbocycles. The number of aromatic nitrogens is 2. The molecule has 0 radical (unpaired) electrons. The standard InChI is InChI=1S/C17H22N4OS2/c1-17(18)10-6-5-9-13(17)14(22)19-15-20-21-16(24-15)23-11-12-7-3-2-4-8-12/h2-4,7-8,13H,5-6,9-11,18H2,1H3,(H,19,20,22). The van der Waals surface area contributed by atoms with E-state index in [2.05, 4.69) is 27.6 Å². The Morgan fingerprint density at radius 3 is 2.92 bits per heavy atom. The van der Waals surface area contributed by atoms with E-state index in [0.717, 1.165) is 35.8 Å². The van der Waals surface area contributed by atoms with E-state index in [9.17, 15) is 4.79 Å². The first-order valence-electron chi connectivity index (χ1n) is 8.14. The molecule has 3 N–H and O–H groups in total. The van der Waals surface area contributed by atoms with E-state index in [1.165, 1.54) is 16.9 Å². The highest BCUT2D eigenvalue weighted by molar-refractivity contribution is 8.00. The van der Waals surface area contributed by atoms with Gasteiger partial charge in [-0.1, -0.05) is 66.3 Å². The van der Waals surface area contributed by atoms with Crippen molar-refractivity contribution in [1.29, 1.82) is 0 Å². The first-order chi connectivity index (χ1) is 11.5. The molecule has 3 rings (SSSR count). The Morgan fingerprint density at radius 1 is 1.38 bits per heavy atom. The van der Waals surface area contributed by atoms with Gasteiger partial charge in [-0.05, 0) is 25.3 Å². The number of carbonyl (C=O) groups is 1. The predicted octanol–water partition coefficient (Wildman–Crippen LogP) is 3.68. The van der Waals surface area contributed by atoms with Gasteiger partial charge in [-0.15, -0.1) is 10.2 Å². The Balaban J connectivity index is 1.56. The quantitative estimate of drug-likeness (QED) is 0.626. The number of amides is 1. The van der Waals surface area contributed by atoms with Gasteiger partial charge in [0.2, 0.25) is 11.0 Å². The average Bonchev–Trinajstić information content (AvgIpc) is 3.01. The van der Waals surface area contributed by atoms with Crippen molar-refractivity contribution in [3.63, 3.8) is 0 Å². The minimum Gasteiger partial charge on any atom is -0.325 e. The van der Waals surface area contributed by atoms with E-state index in [0.29, 0.717) is 5.13 Å². The van der Waals surface area contributed by atoms with Crippen LogP contribution in [0.15, 0.2) is 34.7 Å². The number of anilines is 1. The second kappa shape index (κ2) is 7.63. The van der Waals surface area contributed by atoms with E-state index in [-0.39, 0.29) is 11.8 Å². The van der Waals surface area contributed by atoms with Crippen LogP contribution in [0, 0.1) is 5.92 Å². The topological polar surface area (TPSA) is 80.9 Å². The molecule has 2 aromatic rings. The van der Waals surface area contributed by atoms with Crippen LogP contribution in [0.5, 0.6) is 0 Å². The van der Waals surface area contributed by atoms with Crippen LogP contribution in [0.1, 0.15) is 38.2 Å². The van der Waals surface area contributed by atoms with Crippen molar-refractivity contribution in [2.75, 3.05) is 5.32 Å². The summed E-state index contributed by atoms with van der Waals surface area (Å²) in [6, 6.07) is 10.2. The summed E-state index contributed by atoms with van der Waals surface area (Å²) < 4.78 is 0.855. The molecule has 1 aromatic heterocycles. The second-order valence-corrected chi connectivity index (χ2v) is 8.64. The maximum Gasteiger partial charge on any atom is 0.231 e. The van der Waals surface area contributed by atoms with E-state index >= 15 is 0 Å². The molecular weight excluding hydrogens is 340 g/mol. The number of hydrogen-bond donors (Lipinski definition) is 2. The van der Waals surface area contributed by atoms with Gasteiger partial charge < -0.3 is 11.1 Å². The molecule has 1 aliphatic rings. The normalized spacial score (nSPS) is 23.8. The number of hydrogen-bond acceptors (Lipinski definition) is 6. The van der Waals surface area contributed by atoms with E-state index in [4.69, 9.17) is 5.73 Å². The molecule has 1 aromatic carbocycles. The van der Waals surface area contributed by atoms with Gasteiger partial charge in [-0.25, -0.2) is 0 Å². The molecule has 1 heterocycles. The summed E-state index contributed by atoms with van der Waals surface area (Å²) >= 11 is 3.04. The van der Waals surface area contributed by atoms with Crippen LogP contribution in [0.3, 0.4) is 0 Å². The highest BCUT2D eigenvalue weighted by Crippen LogP contribution is 2.33. The number of nitrogens with one attached hydrogen (secondary N) is 1. The second-order valence-electron chi connectivity index (χ2n) is 6.44. The molecule has 2 atom stereocenters. The molecule has 24 heavy (non-hydrogen) atoms. The van der Waals surface area contributed by atoms with Gasteiger partial charge in [-0.3, -0.25) is 4.79 Å². The molecule has 2 unspecified atom stereocenters. The van der Waals surface area contributed by atoms with Crippen LogP contribution in [0.2, 0.25) is 0 Å². The van der Waals surface area contributed by atoms with Crippen LogP contribution in [0.4, 0.5) is 5.13 Å². The molecule has 1 saturated carbocycles. The summed E-state index contributed by atoms with van der Waals surface area (Å²) in [5.41, 5.74) is 7.10. The van der Waals surface area contributed by atoms with Crippen molar-refractivity contribution in [3.8, 4) is 0 Å². The van der Waals surface area contributed by atoms with Gasteiger partial charge in [0.15, 0.2) is 4.34 Å². The third-order valence-electron chi connectivity index (χ3n) is 4.41. The van der Waals surface area contributed by atoms with E-state index < -0.39 is 5.54 Å². The Morgan fingerprint density at radius 2 is 2.17 bits per heavy atom. The molecule has 5 nitrogen and oxygen atoms in total. The zero-order valence-electron chi connectivity index (χ0n) is 13.7. The Hall–Kier alpha value is -1.44. The van der Waals surface area contributed by atoms with Crippen LogP contribution in [-0.4, -0.2) is 21.6 Å². The largest absolute Gasteiger partial charge is 0.325 e. The third kappa shape index (κ3) is 4.34. The number of carbonyl (C=O) groups excluding carboxylic acids is 1. The van der Waals surface area contributed by atoms with Gasteiger partial charge in [0.25, 0.3) is 0 Å². The van der Waals surface area contributed by atoms with E-state index in [1.54, 1.807) is 11.8 Å². The number of thioether (sulfide) groups is 1. The molecule has 1 fully saturated rings. The number of nitrogens with zero attached hydrogens (tertiary/aromatic N) is 2. The molecule has 0 saturated heterocycles. The maximum atomic E-state index is 12.5. The van der Waals surface area contributed by atoms with Crippen LogP contribution in [-0.2, 0) is 10.5 Å². The smallest absolute Gasteiger partial charge is 0.231 e. The number of nitrogens with two attached hydrogens (primary N) is 1. The summed E-state index contributed by atoms with van der Waals surface area (Å²) in [6.07, 6.45) is 3.88. The van der Waals surface area contributed by atoms with Crippen molar-refractivity contribution in [3.05, 3.63) is 35.9 Å². The van der Waals surface area contributed by atoms with E-state index in [1.807, 2.05) is 25.1 Å².